The third-order valence-electron chi connectivity index (χ3n) is 4.83. The Kier molecular flexibility index (Phi) is 6.39. The summed E-state index contributed by atoms with van der Waals surface area (Å²) in [6.07, 6.45) is 0.363. The fraction of sp³-hybridized carbons (Fsp3) is 0.304. The molecular weight excluding hydrogens is 398 g/mol. The van der Waals surface area contributed by atoms with Crippen molar-refractivity contribution in [2.24, 2.45) is 0 Å². The first kappa shape index (κ1) is 22.0. The van der Waals surface area contributed by atoms with Gasteiger partial charge in [-0.1, -0.05) is 17.7 Å². The minimum atomic E-state index is -0.923. The molecule has 4 amide bonds. The van der Waals surface area contributed by atoms with Gasteiger partial charge in [-0.15, -0.1) is 0 Å². The van der Waals surface area contributed by atoms with Crippen LogP contribution in [0.15, 0.2) is 48.5 Å². The van der Waals surface area contributed by atoms with E-state index >= 15 is 0 Å². The molecule has 8 heteroatoms. The maximum atomic E-state index is 12.3. The molecule has 0 aliphatic carbocycles. The molecule has 1 fully saturated rings. The lowest BCUT2D eigenvalue weighted by Gasteiger charge is -2.15. The number of benzene rings is 2. The summed E-state index contributed by atoms with van der Waals surface area (Å²) in [5.41, 5.74) is 1.21. The number of carbonyl (C=O) groups excluding carboxylic acids is 4. The van der Waals surface area contributed by atoms with Gasteiger partial charge in [0.2, 0.25) is 0 Å². The second-order valence-electron chi connectivity index (χ2n) is 7.94. The molecule has 2 aromatic rings. The van der Waals surface area contributed by atoms with Crippen molar-refractivity contribution in [3.8, 4) is 5.75 Å². The largest absolute Gasteiger partial charge is 0.427 e. The Bertz CT molecular complexity index is 1010. The monoisotopic (exact) mass is 423 g/mol. The normalized spacial score (nSPS) is 14.9. The minimum absolute atomic E-state index is 0.0589. The molecule has 0 radical (unpaired) electrons. The molecule has 2 N–H and O–H groups in total. The van der Waals surface area contributed by atoms with E-state index in [4.69, 9.17) is 4.74 Å². The van der Waals surface area contributed by atoms with Crippen LogP contribution in [0.4, 0.5) is 10.5 Å². The summed E-state index contributed by atoms with van der Waals surface area (Å²) in [4.78, 5) is 49.4. The van der Waals surface area contributed by atoms with E-state index in [0.717, 1.165) is 10.5 Å². The molecule has 8 nitrogen and oxygen atoms in total. The van der Waals surface area contributed by atoms with Crippen LogP contribution in [0.1, 0.15) is 42.6 Å². The van der Waals surface area contributed by atoms with Crippen molar-refractivity contribution < 1.29 is 23.9 Å². The highest BCUT2D eigenvalue weighted by atomic mass is 16.5. The van der Waals surface area contributed by atoms with Crippen molar-refractivity contribution in [1.82, 2.24) is 10.2 Å². The van der Waals surface area contributed by atoms with Crippen LogP contribution in [-0.4, -0.2) is 40.8 Å². The minimum Gasteiger partial charge on any atom is -0.427 e. The van der Waals surface area contributed by atoms with Crippen molar-refractivity contribution in [2.75, 3.05) is 11.9 Å². The van der Waals surface area contributed by atoms with Crippen molar-refractivity contribution >= 4 is 29.5 Å². The van der Waals surface area contributed by atoms with E-state index in [0.29, 0.717) is 23.4 Å². The number of hydrogen-bond donors (Lipinski definition) is 2. The van der Waals surface area contributed by atoms with Crippen LogP contribution < -0.4 is 15.4 Å². The molecular formula is C23H25N3O5. The SMILES string of the molecule is Cc1cccc(C(=O)Nc2ccc(OC(=O)CCCN3C(=O)NC(C)(C)C3=O)cc2)c1. The van der Waals surface area contributed by atoms with Crippen molar-refractivity contribution in [3.63, 3.8) is 0 Å². The van der Waals surface area contributed by atoms with E-state index in [1.54, 1.807) is 50.2 Å². The second-order valence-corrected chi connectivity index (χ2v) is 7.94. The van der Waals surface area contributed by atoms with Gasteiger partial charge in [-0.2, -0.15) is 0 Å². The van der Waals surface area contributed by atoms with E-state index in [2.05, 4.69) is 10.6 Å². The third kappa shape index (κ3) is 5.48. The number of amides is 4. The van der Waals surface area contributed by atoms with Crippen LogP contribution in [0, 0.1) is 6.92 Å². The van der Waals surface area contributed by atoms with Crippen molar-refractivity contribution in [3.05, 3.63) is 59.7 Å². The van der Waals surface area contributed by atoms with Crippen LogP contribution >= 0.6 is 0 Å². The zero-order valence-electron chi connectivity index (χ0n) is 17.7. The second kappa shape index (κ2) is 8.99. The summed E-state index contributed by atoms with van der Waals surface area (Å²) in [5.74, 6) is -0.663. The molecule has 0 saturated carbocycles. The van der Waals surface area contributed by atoms with Crippen LogP contribution in [0.2, 0.25) is 0 Å². The first-order valence-electron chi connectivity index (χ1n) is 9.98. The number of hydrogen-bond acceptors (Lipinski definition) is 5. The first-order chi connectivity index (χ1) is 14.7. The standard InChI is InChI=1S/C23H25N3O5/c1-15-6-4-7-16(14-15)20(28)24-17-9-11-18(12-10-17)31-19(27)8-5-13-26-21(29)23(2,3)25-22(26)30/h4,6-7,9-12,14H,5,8,13H2,1-3H3,(H,24,28)(H,25,30). The smallest absolute Gasteiger partial charge is 0.325 e. The number of anilines is 1. The van der Waals surface area contributed by atoms with E-state index in [1.807, 2.05) is 19.1 Å². The lowest BCUT2D eigenvalue weighted by atomic mass is 10.1. The van der Waals surface area contributed by atoms with Crippen LogP contribution in [0.3, 0.4) is 0 Å². The molecule has 0 aromatic heterocycles. The first-order valence-corrected chi connectivity index (χ1v) is 9.98. The van der Waals surface area contributed by atoms with Gasteiger partial charge in [-0.25, -0.2) is 4.79 Å². The van der Waals surface area contributed by atoms with Gasteiger partial charge < -0.3 is 15.4 Å². The number of rotatable bonds is 7. The number of nitrogens with zero attached hydrogens (tertiary/aromatic N) is 1. The lowest BCUT2D eigenvalue weighted by Crippen LogP contribution is -2.40. The average Bonchev–Trinajstić information content (AvgIpc) is 2.90. The van der Waals surface area contributed by atoms with Gasteiger partial charge in [0.25, 0.3) is 11.8 Å². The number of esters is 1. The van der Waals surface area contributed by atoms with E-state index in [9.17, 15) is 19.2 Å². The van der Waals surface area contributed by atoms with Crippen LogP contribution in [-0.2, 0) is 9.59 Å². The van der Waals surface area contributed by atoms with Gasteiger partial charge >= 0.3 is 12.0 Å². The molecule has 162 valence electrons. The number of urea groups is 1. The number of ether oxygens (including phenoxy) is 1. The summed E-state index contributed by atoms with van der Waals surface area (Å²) >= 11 is 0. The van der Waals surface area contributed by atoms with Gasteiger partial charge in [0, 0.05) is 24.2 Å². The molecule has 0 atom stereocenters. The molecule has 3 rings (SSSR count). The number of carbonyl (C=O) groups is 4. The average molecular weight is 423 g/mol. The zero-order valence-corrected chi connectivity index (χ0v) is 17.7. The number of imide groups is 1. The summed E-state index contributed by atoms with van der Waals surface area (Å²) < 4.78 is 5.28. The highest BCUT2D eigenvalue weighted by molar-refractivity contribution is 6.06. The number of nitrogens with one attached hydrogen (secondary N) is 2. The van der Waals surface area contributed by atoms with Gasteiger partial charge in [-0.05, 0) is 63.6 Å². The molecule has 1 saturated heterocycles. The predicted molar refractivity (Wildman–Crippen MR) is 115 cm³/mol. The molecule has 0 spiro atoms. The molecule has 1 aliphatic rings. The van der Waals surface area contributed by atoms with Crippen LogP contribution in [0.25, 0.3) is 0 Å². The van der Waals surface area contributed by atoms with Gasteiger partial charge in [-0.3, -0.25) is 19.3 Å². The lowest BCUT2D eigenvalue weighted by molar-refractivity contribution is -0.135. The summed E-state index contributed by atoms with van der Waals surface area (Å²) in [5, 5.41) is 5.39. The summed E-state index contributed by atoms with van der Waals surface area (Å²) in [7, 11) is 0. The van der Waals surface area contributed by atoms with Crippen LogP contribution in [0.5, 0.6) is 5.75 Å². The Labute approximate surface area is 180 Å². The van der Waals surface area contributed by atoms with E-state index in [-0.39, 0.29) is 24.8 Å². The van der Waals surface area contributed by atoms with Gasteiger partial charge in [0.1, 0.15) is 11.3 Å². The van der Waals surface area contributed by atoms with Crippen molar-refractivity contribution in [1.29, 1.82) is 0 Å². The van der Waals surface area contributed by atoms with Crippen molar-refractivity contribution in [2.45, 2.75) is 39.2 Å². The molecule has 2 aromatic carbocycles. The Balaban J connectivity index is 1.46. The van der Waals surface area contributed by atoms with Gasteiger partial charge in [0.15, 0.2) is 0 Å². The fourth-order valence-electron chi connectivity index (χ4n) is 3.18. The number of aryl methyl sites for hydroxylation is 1. The molecule has 1 aliphatic heterocycles. The Hall–Kier alpha value is -3.68. The quantitative estimate of drug-likeness (QED) is 0.404. The topological polar surface area (TPSA) is 105 Å². The Morgan fingerprint density at radius 2 is 1.81 bits per heavy atom. The van der Waals surface area contributed by atoms with Gasteiger partial charge in [0.05, 0.1) is 0 Å². The van der Waals surface area contributed by atoms with E-state index < -0.39 is 17.5 Å². The maximum absolute atomic E-state index is 12.3. The maximum Gasteiger partial charge on any atom is 0.325 e. The Morgan fingerprint density at radius 1 is 1.10 bits per heavy atom. The predicted octanol–water partition coefficient (Wildman–Crippen LogP) is 3.26. The molecule has 0 bridgehead atoms. The fourth-order valence-corrected chi connectivity index (χ4v) is 3.18. The highest BCUT2D eigenvalue weighted by Gasteiger charge is 2.43. The molecule has 1 heterocycles. The highest BCUT2D eigenvalue weighted by Crippen LogP contribution is 2.19. The van der Waals surface area contributed by atoms with E-state index in [1.165, 1.54) is 0 Å². The summed E-state index contributed by atoms with van der Waals surface area (Å²) in [6.45, 7) is 5.33. The molecule has 0 unspecified atom stereocenters. The third-order valence-corrected chi connectivity index (χ3v) is 4.83. The zero-order chi connectivity index (χ0) is 22.6. The summed E-state index contributed by atoms with van der Waals surface area (Å²) in [6, 6.07) is 13.3. The molecule has 31 heavy (non-hydrogen) atoms. The Morgan fingerprint density at radius 3 is 2.42 bits per heavy atom.